The summed E-state index contributed by atoms with van der Waals surface area (Å²) in [5.74, 6) is -0.113. The maximum absolute atomic E-state index is 13.4. The minimum atomic E-state index is -0.113. The van der Waals surface area contributed by atoms with E-state index in [1.54, 1.807) is 4.90 Å². The molecular weight excluding hydrogens is 368 g/mol. The van der Waals surface area contributed by atoms with E-state index >= 15 is 0 Å². The summed E-state index contributed by atoms with van der Waals surface area (Å²) in [4.78, 5) is 24.2. The van der Waals surface area contributed by atoms with Crippen molar-refractivity contribution in [2.24, 2.45) is 0 Å². The summed E-state index contributed by atoms with van der Waals surface area (Å²) in [6.07, 6.45) is 3.78. The fourth-order valence-corrected chi connectivity index (χ4v) is 4.15. The Kier molecular flexibility index (Phi) is 4.10. The van der Waals surface area contributed by atoms with Gasteiger partial charge in [0.15, 0.2) is 5.01 Å². The number of imidazole rings is 1. The predicted octanol–water partition coefficient (Wildman–Crippen LogP) is 4.79. The molecule has 0 aliphatic carbocycles. The zero-order valence-corrected chi connectivity index (χ0v) is 15.7. The highest BCUT2D eigenvalue weighted by molar-refractivity contribution is 7.20. The van der Waals surface area contributed by atoms with Crippen LogP contribution in [0.25, 0.3) is 15.9 Å². The van der Waals surface area contributed by atoms with Gasteiger partial charge in [0.2, 0.25) is 0 Å². The van der Waals surface area contributed by atoms with E-state index in [0.717, 1.165) is 27.2 Å². The Balaban J connectivity index is 1.57. The van der Waals surface area contributed by atoms with E-state index in [4.69, 9.17) is 0 Å². The lowest BCUT2D eigenvalue weighted by molar-refractivity contribution is 0.0984. The first-order chi connectivity index (χ1) is 13.8. The van der Waals surface area contributed by atoms with Crippen LogP contribution in [-0.2, 0) is 6.54 Å². The third-order valence-corrected chi connectivity index (χ3v) is 5.63. The summed E-state index contributed by atoms with van der Waals surface area (Å²) in [5, 5.41) is 0.485. The van der Waals surface area contributed by atoms with Crippen LogP contribution in [-0.4, -0.2) is 20.3 Å². The normalized spacial score (nSPS) is 11.1. The average Bonchev–Trinajstić information content (AvgIpc) is 3.36. The second-order valence-corrected chi connectivity index (χ2v) is 7.42. The van der Waals surface area contributed by atoms with Crippen molar-refractivity contribution < 1.29 is 4.79 Å². The van der Waals surface area contributed by atoms with E-state index in [9.17, 15) is 4.79 Å². The minimum absolute atomic E-state index is 0.113. The number of carbonyl (C=O) groups excluding carboxylic acids is 1. The second-order valence-electron chi connectivity index (χ2n) is 6.39. The highest BCUT2D eigenvalue weighted by atomic mass is 32.1. The van der Waals surface area contributed by atoms with Gasteiger partial charge in [-0.15, -0.1) is 11.3 Å². The Morgan fingerprint density at radius 3 is 2.61 bits per heavy atom. The number of rotatable bonds is 4. The predicted molar refractivity (Wildman–Crippen MR) is 112 cm³/mol. The Bertz CT molecular complexity index is 1240. The quantitative estimate of drug-likeness (QED) is 0.448. The Labute approximate surface area is 165 Å². The van der Waals surface area contributed by atoms with Crippen molar-refractivity contribution in [2.45, 2.75) is 6.54 Å². The molecule has 2 aromatic carbocycles. The molecule has 0 radical (unpaired) electrons. The van der Waals surface area contributed by atoms with Crippen LogP contribution in [0.3, 0.4) is 0 Å². The van der Waals surface area contributed by atoms with Gasteiger partial charge in [0, 0.05) is 11.9 Å². The third-order valence-electron chi connectivity index (χ3n) is 4.60. The van der Waals surface area contributed by atoms with Crippen LogP contribution in [0.1, 0.15) is 15.5 Å². The lowest BCUT2D eigenvalue weighted by Crippen LogP contribution is -2.30. The first kappa shape index (κ1) is 16.6. The topological polar surface area (TPSA) is 50.5 Å². The molecule has 5 nitrogen and oxygen atoms in total. The van der Waals surface area contributed by atoms with Crippen molar-refractivity contribution in [3.63, 3.8) is 0 Å². The summed E-state index contributed by atoms with van der Waals surface area (Å²) in [6, 6.07) is 23.4. The van der Waals surface area contributed by atoms with E-state index in [1.807, 2.05) is 89.6 Å². The van der Waals surface area contributed by atoms with Crippen molar-refractivity contribution >= 4 is 38.8 Å². The number of para-hydroxylation sites is 2. The number of fused-ring (bicyclic) bond motifs is 2. The van der Waals surface area contributed by atoms with Crippen molar-refractivity contribution in [3.05, 3.63) is 95.9 Å². The number of carbonyl (C=O) groups is 1. The first-order valence-corrected chi connectivity index (χ1v) is 9.75. The highest BCUT2D eigenvalue weighted by Crippen LogP contribution is 2.26. The van der Waals surface area contributed by atoms with Crippen LogP contribution in [0.4, 0.5) is 5.69 Å². The molecule has 0 aliphatic heterocycles. The van der Waals surface area contributed by atoms with Crippen LogP contribution in [0.5, 0.6) is 0 Å². The number of pyridine rings is 1. The molecule has 0 unspecified atom stereocenters. The van der Waals surface area contributed by atoms with Gasteiger partial charge in [-0.25, -0.2) is 9.97 Å². The van der Waals surface area contributed by atoms with Crippen LogP contribution in [0.2, 0.25) is 0 Å². The van der Waals surface area contributed by atoms with E-state index in [0.29, 0.717) is 11.6 Å². The molecule has 6 heteroatoms. The molecule has 0 saturated heterocycles. The molecule has 3 aromatic heterocycles. The minimum Gasteiger partial charge on any atom is -0.302 e. The molecule has 136 valence electrons. The molecule has 0 bridgehead atoms. The summed E-state index contributed by atoms with van der Waals surface area (Å²) in [7, 11) is 0. The molecule has 0 fully saturated rings. The highest BCUT2D eigenvalue weighted by Gasteiger charge is 2.22. The fraction of sp³-hybridized carbons (Fsp3) is 0.0455. The largest absolute Gasteiger partial charge is 0.302 e. The zero-order chi connectivity index (χ0) is 18.9. The summed E-state index contributed by atoms with van der Waals surface area (Å²) >= 11 is 1.42. The Hall–Kier alpha value is -3.51. The maximum atomic E-state index is 13.4. The molecule has 0 aliphatic rings. The van der Waals surface area contributed by atoms with Gasteiger partial charge in [-0.3, -0.25) is 4.79 Å². The lowest BCUT2D eigenvalue weighted by atomic mass is 10.2. The number of nitrogens with zero attached hydrogens (tertiary/aromatic N) is 4. The van der Waals surface area contributed by atoms with Crippen molar-refractivity contribution in [1.82, 2.24) is 14.4 Å². The van der Waals surface area contributed by atoms with Crippen LogP contribution < -0.4 is 4.90 Å². The van der Waals surface area contributed by atoms with Crippen molar-refractivity contribution in [2.75, 3.05) is 4.90 Å². The smallest absolute Gasteiger partial charge is 0.287 e. The fourth-order valence-electron chi connectivity index (χ4n) is 3.23. The van der Waals surface area contributed by atoms with Gasteiger partial charge >= 0.3 is 0 Å². The van der Waals surface area contributed by atoms with Gasteiger partial charge in [-0.05, 0) is 36.4 Å². The van der Waals surface area contributed by atoms with Crippen LogP contribution in [0.15, 0.2) is 85.2 Å². The summed E-state index contributed by atoms with van der Waals surface area (Å²) in [5.41, 5.74) is 3.48. The molecule has 3 heterocycles. The van der Waals surface area contributed by atoms with Gasteiger partial charge in [0.05, 0.1) is 28.7 Å². The van der Waals surface area contributed by atoms with Crippen LogP contribution >= 0.6 is 11.3 Å². The van der Waals surface area contributed by atoms with Gasteiger partial charge < -0.3 is 9.30 Å². The summed E-state index contributed by atoms with van der Waals surface area (Å²) in [6.45, 7) is 0.407. The standard InChI is InChI=1S/C22H16N4OS/c27-22(21-24-18-10-4-5-11-19(18)28-21)26(16-8-2-1-3-9-16)15-17-14-23-20-12-6-7-13-25(17)20/h1-14H,15H2. The third kappa shape index (κ3) is 2.93. The number of hydrogen-bond acceptors (Lipinski definition) is 4. The molecule has 5 aromatic rings. The number of anilines is 1. The Morgan fingerprint density at radius 1 is 0.964 bits per heavy atom. The average molecular weight is 384 g/mol. The molecule has 5 rings (SSSR count). The van der Waals surface area contributed by atoms with E-state index < -0.39 is 0 Å². The maximum Gasteiger partial charge on any atom is 0.287 e. The van der Waals surface area contributed by atoms with Crippen LogP contribution in [0, 0.1) is 0 Å². The van der Waals surface area contributed by atoms with Gasteiger partial charge in [-0.1, -0.05) is 36.4 Å². The molecule has 0 N–H and O–H groups in total. The molecule has 28 heavy (non-hydrogen) atoms. The number of hydrogen-bond donors (Lipinski definition) is 0. The van der Waals surface area contributed by atoms with Gasteiger partial charge in [0.1, 0.15) is 5.65 Å². The van der Waals surface area contributed by atoms with E-state index in [1.165, 1.54) is 11.3 Å². The van der Waals surface area contributed by atoms with Gasteiger partial charge in [0.25, 0.3) is 5.91 Å². The molecule has 0 spiro atoms. The molecular formula is C22H16N4OS. The molecule has 0 atom stereocenters. The van der Waals surface area contributed by atoms with Crippen molar-refractivity contribution in [3.8, 4) is 0 Å². The number of thiazole rings is 1. The van der Waals surface area contributed by atoms with E-state index in [-0.39, 0.29) is 5.91 Å². The van der Waals surface area contributed by atoms with E-state index in [2.05, 4.69) is 9.97 Å². The second kappa shape index (κ2) is 6.90. The number of amides is 1. The van der Waals surface area contributed by atoms with Crippen molar-refractivity contribution in [1.29, 1.82) is 0 Å². The summed E-state index contributed by atoms with van der Waals surface area (Å²) < 4.78 is 3.01. The first-order valence-electron chi connectivity index (χ1n) is 8.93. The molecule has 0 saturated carbocycles. The Morgan fingerprint density at radius 2 is 1.75 bits per heavy atom. The number of benzene rings is 2. The van der Waals surface area contributed by atoms with Gasteiger partial charge in [-0.2, -0.15) is 0 Å². The number of aromatic nitrogens is 3. The molecule has 1 amide bonds. The SMILES string of the molecule is O=C(c1nc2ccccc2s1)N(Cc1cnc2ccccn12)c1ccccc1. The monoisotopic (exact) mass is 384 g/mol. The lowest BCUT2D eigenvalue weighted by Gasteiger charge is -2.21. The zero-order valence-electron chi connectivity index (χ0n) is 14.9.